The topological polar surface area (TPSA) is 78.4 Å². The molecule has 0 radical (unpaired) electrons. The van der Waals surface area contributed by atoms with E-state index in [0.717, 1.165) is 0 Å². The number of nitrogens with two attached hydrogens (primary N) is 1. The molecule has 60 valence electrons. The van der Waals surface area contributed by atoms with E-state index in [9.17, 15) is 4.79 Å². The van der Waals surface area contributed by atoms with Crippen LogP contribution in [0.5, 0.6) is 0 Å². The third-order valence-corrected chi connectivity index (χ3v) is 1.23. The van der Waals surface area contributed by atoms with Gasteiger partial charge in [-0.25, -0.2) is 4.79 Å². The molecule has 1 heterocycles. The van der Waals surface area contributed by atoms with Gasteiger partial charge in [-0.15, -0.1) is 0 Å². The molecule has 0 saturated carbocycles. The molecule has 0 fully saturated rings. The van der Waals surface area contributed by atoms with Crippen LogP contribution >= 0.6 is 0 Å². The molecule has 0 amide bonds. The van der Waals surface area contributed by atoms with Crippen LogP contribution in [0.3, 0.4) is 0 Å². The minimum atomic E-state index is -0.848. The molecule has 2 N–H and O–H groups in total. The van der Waals surface area contributed by atoms with Crippen LogP contribution in [0.4, 0.5) is 0 Å². The molecule has 0 bridgehead atoms. The van der Waals surface area contributed by atoms with Crippen molar-refractivity contribution in [3.05, 3.63) is 18.0 Å². The van der Waals surface area contributed by atoms with Gasteiger partial charge in [-0.3, -0.25) is 0 Å². The first-order valence-electron chi connectivity index (χ1n) is 2.99. The van der Waals surface area contributed by atoms with Crippen LogP contribution in [0.2, 0.25) is 0 Å². The second-order valence-electron chi connectivity index (χ2n) is 1.93. The Morgan fingerprint density at radius 2 is 2.64 bits per heavy atom. The second-order valence-corrected chi connectivity index (χ2v) is 1.93. The number of hydrogen-bond donors (Lipinski definition) is 1. The number of nitrogens with zero attached hydrogens (tertiary/aromatic N) is 1. The predicted octanol–water partition coefficient (Wildman–Crippen LogP) is -0.153. The van der Waals surface area contributed by atoms with Crippen LogP contribution in [-0.4, -0.2) is 18.2 Å². The highest BCUT2D eigenvalue weighted by Crippen LogP contribution is 2.07. The summed E-state index contributed by atoms with van der Waals surface area (Å²) in [6.07, 6.45) is 1.35. The van der Waals surface area contributed by atoms with Crippen molar-refractivity contribution in [1.82, 2.24) is 5.16 Å². The summed E-state index contributed by atoms with van der Waals surface area (Å²) in [6.45, 7) is 0. The van der Waals surface area contributed by atoms with Crippen molar-refractivity contribution in [2.75, 3.05) is 7.11 Å². The molecule has 1 rings (SSSR count). The summed E-state index contributed by atoms with van der Waals surface area (Å²) in [5.41, 5.74) is 5.77. The van der Waals surface area contributed by atoms with Gasteiger partial charge in [-0.05, 0) is 0 Å². The van der Waals surface area contributed by atoms with Crippen LogP contribution in [0.1, 0.15) is 11.7 Å². The summed E-state index contributed by atoms with van der Waals surface area (Å²) in [7, 11) is 1.27. The Labute approximate surface area is 63.1 Å². The van der Waals surface area contributed by atoms with Gasteiger partial charge in [0.05, 0.1) is 7.11 Å². The van der Waals surface area contributed by atoms with Gasteiger partial charge in [-0.1, -0.05) is 5.16 Å². The van der Waals surface area contributed by atoms with Crippen LogP contribution in [0.25, 0.3) is 0 Å². The maximum absolute atomic E-state index is 10.8. The maximum Gasteiger partial charge on any atom is 0.329 e. The van der Waals surface area contributed by atoms with Crippen molar-refractivity contribution < 1.29 is 14.1 Å². The van der Waals surface area contributed by atoms with Gasteiger partial charge in [0.1, 0.15) is 18.0 Å². The molecular formula is C6H8N2O3. The Morgan fingerprint density at radius 3 is 3.09 bits per heavy atom. The molecule has 0 spiro atoms. The highest BCUT2D eigenvalue weighted by Gasteiger charge is 2.18. The van der Waals surface area contributed by atoms with Crippen molar-refractivity contribution in [2.24, 2.45) is 5.73 Å². The first-order chi connectivity index (χ1) is 5.25. The molecule has 0 aliphatic rings. The number of ether oxygens (including phenoxy) is 1. The van der Waals surface area contributed by atoms with Gasteiger partial charge >= 0.3 is 5.97 Å². The largest absolute Gasteiger partial charge is 0.468 e. The third-order valence-electron chi connectivity index (χ3n) is 1.23. The van der Waals surface area contributed by atoms with E-state index in [1.807, 2.05) is 0 Å². The Hall–Kier alpha value is -1.36. The summed E-state index contributed by atoms with van der Waals surface area (Å²) in [5.74, 6) is -0.529. The average molecular weight is 156 g/mol. The van der Waals surface area contributed by atoms with Crippen molar-refractivity contribution in [2.45, 2.75) is 6.04 Å². The standard InChI is InChI=1S/C6H8N2O3/c1-10-6(9)5(7)4-2-3-11-8-4/h2-3,5H,7H2,1H3. The zero-order valence-corrected chi connectivity index (χ0v) is 5.98. The molecular weight excluding hydrogens is 148 g/mol. The Bertz CT molecular complexity index is 232. The number of methoxy groups -OCH3 is 1. The van der Waals surface area contributed by atoms with E-state index < -0.39 is 12.0 Å². The van der Waals surface area contributed by atoms with Crippen LogP contribution in [0, 0.1) is 0 Å². The van der Waals surface area contributed by atoms with Crippen LogP contribution in [0.15, 0.2) is 16.9 Å². The van der Waals surface area contributed by atoms with Crippen molar-refractivity contribution in [3.8, 4) is 0 Å². The van der Waals surface area contributed by atoms with E-state index in [1.54, 1.807) is 0 Å². The zero-order chi connectivity index (χ0) is 8.27. The quantitative estimate of drug-likeness (QED) is 0.602. The van der Waals surface area contributed by atoms with Gasteiger partial charge < -0.3 is 15.0 Å². The van der Waals surface area contributed by atoms with Crippen molar-refractivity contribution in [1.29, 1.82) is 0 Å². The fraction of sp³-hybridized carbons (Fsp3) is 0.333. The lowest BCUT2D eigenvalue weighted by Gasteiger charge is -2.03. The zero-order valence-electron chi connectivity index (χ0n) is 5.98. The van der Waals surface area contributed by atoms with Gasteiger partial charge in [0.15, 0.2) is 0 Å². The van der Waals surface area contributed by atoms with E-state index in [-0.39, 0.29) is 0 Å². The average Bonchev–Trinajstić information content (AvgIpc) is 2.53. The van der Waals surface area contributed by atoms with E-state index in [4.69, 9.17) is 5.73 Å². The molecule has 1 aromatic heterocycles. The summed E-state index contributed by atoms with van der Waals surface area (Å²) >= 11 is 0. The highest BCUT2D eigenvalue weighted by molar-refractivity contribution is 5.76. The second kappa shape index (κ2) is 3.16. The summed E-state index contributed by atoms with van der Waals surface area (Å²) in [4.78, 5) is 10.8. The molecule has 5 nitrogen and oxygen atoms in total. The fourth-order valence-electron chi connectivity index (χ4n) is 0.630. The molecule has 1 atom stereocenters. The van der Waals surface area contributed by atoms with Gasteiger partial charge in [-0.2, -0.15) is 0 Å². The summed E-state index contributed by atoms with van der Waals surface area (Å²) in [5, 5.41) is 3.48. The van der Waals surface area contributed by atoms with Crippen LogP contribution < -0.4 is 5.73 Å². The highest BCUT2D eigenvalue weighted by atomic mass is 16.5. The van der Waals surface area contributed by atoms with Crippen LogP contribution in [-0.2, 0) is 9.53 Å². The smallest absolute Gasteiger partial charge is 0.329 e. The Morgan fingerprint density at radius 1 is 1.91 bits per heavy atom. The third kappa shape index (κ3) is 1.56. The first-order valence-corrected chi connectivity index (χ1v) is 2.99. The number of esters is 1. The molecule has 11 heavy (non-hydrogen) atoms. The van der Waals surface area contributed by atoms with Gasteiger partial charge in [0, 0.05) is 6.07 Å². The molecule has 0 aromatic carbocycles. The van der Waals surface area contributed by atoms with Gasteiger partial charge in [0.2, 0.25) is 0 Å². The Balaban J connectivity index is 2.70. The fourth-order valence-corrected chi connectivity index (χ4v) is 0.630. The lowest BCUT2D eigenvalue weighted by Crippen LogP contribution is -2.22. The van der Waals surface area contributed by atoms with Gasteiger partial charge in [0.25, 0.3) is 0 Å². The number of rotatable bonds is 2. The van der Waals surface area contributed by atoms with Crippen molar-refractivity contribution >= 4 is 5.97 Å². The van der Waals surface area contributed by atoms with E-state index in [2.05, 4.69) is 14.4 Å². The molecule has 0 aliphatic heterocycles. The lowest BCUT2D eigenvalue weighted by atomic mass is 10.2. The molecule has 1 aromatic rings. The summed E-state index contributed by atoms with van der Waals surface area (Å²) in [6, 6.07) is 0.667. The van der Waals surface area contributed by atoms with E-state index >= 15 is 0 Å². The molecule has 0 saturated heterocycles. The number of carbonyl (C=O) groups excluding carboxylic acids is 1. The summed E-state index contributed by atoms with van der Waals surface area (Å²) < 4.78 is 8.88. The SMILES string of the molecule is COC(=O)C(N)c1ccon1. The number of carbonyl (C=O) groups is 1. The predicted molar refractivity (Wildman–Crippen MR) is 35.4 cm³/mol. The Kier molecular flexibility index (Phi) is 2.22. The minimum Gasteiger partial charge on any atom is -0.468 e. The van der Waals surface area contributed by atoms with Crippen molar-refractivity contribution in [3.63, 3.8) is 0 Å². The molecule has 1 unspecified atom stereocenters. The monoisotopic (exact) mass is 156 g/mol. The first kappa shape index (κ1) is 7.74. The van der Waals surface area contributed by atoms with E-state index in [1.165, 1.54) is 19.4 Å². The number of hydrogen-bond acceptors (Lipinski definition) is 5. The number of aromatic nitrogens is 1. The molecule has 0 aliphatic carbocycles. The lowest BCUT2D eigenvalue weighted by molar-refractivity contribution is -0.142. The van der Waals surface area contributed by atoms with E-state index in [0.29, 0.717) is 5.69 Å². The minimum absolute atomic E-state index is 0.372. The maximum atomic E-state index is 10.8. The molecule has 5 heteroatoms. The normalized spacial score (nSPS) is 12.5.